The van der Waals surface area contributed by atoms with Gasteiger partial charge in [-0.3, -0.25) is 9.44 Å². The molecule has 6 nitrogen and oxygen atoms in total. The SMILES string of the molecule is Cc1ccc(S(=O)(=O)Nc2cccc(S(=O)(=O)Nc3ccc(Br)cc3)c2)cc1. The van der Waals surface area contributed by atoms with Gasteiger partial charge in [0.25, 0.3) is 20.0 Å². The molecule has 146 valence electrons. The molecule has 9 heteroatoms. The van der Waals surface area contributed by atoms with Gasteiger partial charge in [0.2, 0.25) is 0 Å². The molecule has 0 aliphatic carbocycles. The highest BCUT2D eigenvalue weighted by atomic mass is 79.9. The number of nitrogens with one attached hydrogen (secondary N) is 2. The molecule has 0 aromatic heterocycles. The van der Waals surface area contributed by atoms with Gasteiger partial charge in [0, 0.05) is 10.2 Å². The van der Waals surface area contributed by atoms with Gasteiger partial charge in [-0.1, -0.05) is 39.7 Å². The Morgan fingerprint density at radius 2 is 1.25 bits per heavy atom. The molecule has 3 aromatic carbocycles. The molecule has 0 amide bonds. The number of anilines is 2. The van der Waals surface area contributed by atoms with Crippen molar-refractivity contribution in [1.82, 2.24) is 0 Å². The third-order valence-corrected chi connectivity index (χ3v) is 7.13. The van der Waals surface area contributed by atoms with Gasteiger partial charge in [0.05, 0.1) is 15.5 Å². The van der Waals surface area contributed by atoms with Crippen LogP contribution in [0.3, 0.4) is 0 Å². The van der Waals surface area contributed by atoms with Crippen LogP contribution in [0.25, 0.3) is 0 Å². The van der Waals surface area contributed by atoms with E-state index in [1.165, 1.54) is 36.4 Å². The molecule has 0 aliphatic heterocycles. The monoisotopic (exact) mass is 480 g/mol. The fraction of sp³-hybridized carbons (Fsp3) is 0.0526. The molecular weight excluding hydrogens is 464 g/mol. The van der Waals surface area contributed by atoms with Gasteiger partial charge >= 0.3 is 0 Å². The Bertz CT molecular complexity index is 1190. The summed E-state index contributed by atoms with van der Waals surface area (Å²) in [6, 6.07) is 18.7. The van der Waals surface area contributed by atoms with E-state index in [1.54, 1.807) is 36.4 Å². The first-order chi connectivity index (χ1) is 13.2. The first kappa shape index (κ1) is 20.4. The predicted molar refractivity (Wildman–Crippen MR) is 113 cm³/mol. The van der Waals surface area contributed by atoms with Gasteiger partial charge in [-0.15, -0.1) is 0 Å². The van der Waals surface area contributed by atoms with Crippen LogP contribution in [0.2, 0.25) is 0 Å². The molecule has 0 atom stereocenters. The Labute approximate surface area is 172 Å². The van der Waals surface area contributed by atoms with Crippen LogP contribution in [-0.2, 0) is 20.0 Å². The zero-order valence-electron chi connectivity index (χ0n) is 14.8. The Morgan fingerprint density at radius 1 is 0.679 bits per heavy atom. The lowest BCUT2D eigenvalue weighted by Gasteiger charge is -2.11. The van der Waals surface area contributed by atoms with Crippen LogP contribution in [0, 0.1) is 6.92 Å². The van der Waals surface area contributed by atoms with Gasteiger partial charge in [-0.2, -0.15) is 0 Å². The number of halogens is 1. The second kappa shape index (κ2) is 7.94. The van der Waals surface area contributed by atoms with Gasteiger partial charge in [0.1, 0.15) is 0 Å². The van der Waals surface area contributed by atoms with Crippen molar-refractivity contribution in [3.63, 3.8) is 0 Å². The number of rotatable bonds is 6. The zero-order valence-corrected chi connectivity index (χ0v) is 18.0. The predicted octanol–water partition coefficient (Wildman–Crippen LogP) is 4.36. The summed E-state index contributed by atoms with van der Waals surface area (Å²) in [5, 5.41) is 0. The van der Waals surface area contributed by atoms with Crippen molar-refractivity contribution >= 4 is 47.4 Å². The first-order valence-corrected chi connectivity index (χ1v) is 11.9. The molecule has 0 saturated heterocycles. The normalized spacial score (nSPS) is 11.8. The average Bonchev–Trinajstić information content (AvgIpc) is 2.64. The van der Waals surface area contributed by atoms with Crippen LogP contribution < -0.4 is 9.44 Å². The molecule has 0 fully saturated rings. The number of sulfonamides is 2. The van der Waals surface area contributed by atoms with Crippen molar-refractivity contribution in [3.8, 4) is 0 Å². The van der Waals surface area contributed by atoms with Crippen LogP contribution in [0.1, 0.15) is 5.56 Å². The molecule has 28 heavy (non-hydrogen) atoms. The minimum Gasteiger partial charge on any atom is -0.280 e. The van der Waals surface area contributed by atoms with Crippen LogP contribution >= 0.6 is 15.9 Å². The summed E-state index contributed by atoms with van der Waals surface area (Å²) in [4.78, 5) is 0.0406. The zero-order chi connectivity index (χ0) is 20.4. The van der Waals surface area contributed by atoms with Crippen LogP contribution in [-0.4, -0.2) is 16.8 Å². The highest BCUT2D eigenvalue weighted by Gasteiger charge is 2.18. The summed E-state index contributed by atoms with van der Waals surface area (Å²) >= 11 is 3.29. The van der Waals surface area contributed by atoms with E-state index < -0.39 is 20.0 Å². The van der Waals surface area contributed by atoms with Crippen molar-refractivity contribution in [3.05, 3.63) is 82.8 Å². The van der Waals surface area contributed by atoms with Crippen LogP contribution in [0.5, 0.6) is 0 Å². The van der Waals surface area contributed by atoms with Gasteiger partial charge < -0.3 is 0 Å². The maximum absolute atomic E-state index is 12.6. The summed E-state index contributed by atoms with van der Waals surface area (Å²) in [5.41, 5.74) is 1.49. The Hall–Kier alpha value is -2.36. The van der Waals surface area contributed by atoms with E-state index >= 15 is 0 Å². The third-order valence-electron chi connectivity index (χ3n) is 3.82. The van der Waals surface area contributed by atoms with Gasteiger partial charge in [-0.05, 0) is 61.5 Å². The fourth-order valence-corrected chi connectivity index (χ4v) is 4.81. The highest BCUT2D eigenvalue weighted by Crippen LogP contribution is 2.22. The van der Waals surface area contributed by atoms with Crippen LogP contribution in [0.4, 0.5) is 11.4 Å². The highest BCUT2D eigenvalue weighted by molar-refractivity contribution is 9.10. The maximum atomic E-state index is 12.6. The van der Waals surface area contributed by atoms with E-state index in [9.17, 15) is 16.8 Å². The smallest absolute Gasteiger partial charge is 0.261 e. The molecule has 0 unspecified atom stereocenters. The molecular formula is C19H17BrN2O4S2. The molecule has 0 spiro atoms. The molecule has 2 N–H and O–H groups in total. The lowest BCUT2D eigenvalue weighted by molar-refractivity contribution is 0.598. The number of hydrogen-bond donors (Lipinski definition) is 2. The Kier molecular flexibility index (Phi) is 5.78. The van der Waals surface area contributed by atoms with E-state index in [4.69, 9.17) is 0 Å². The van der Waals surface area contributed by atoms with E-state index in [0.29, 0.717) is 5.69 Å². The van der Waals surface area contributed by atoms with Crippen molar-refractivity contribution in [2.45, 2.75) is 16.7 Å². The first-order valence-electron chi connectivity index (χ1n) is 8.14. The minimum atomic E-state index is -3.87. The lowest BCUT2D eigenvalue weighted by Crippen LogP contribution is -2.15. The molecule has 3 aromatic rings. The Morgan fingerprint density at radius 3 is 1.89 bits per heavy atom. The average molecular weight is 481 g/mol. The van der Waals surface area contributed by atoms with E-state index in [-0.39, 0.29) is 15.5 Å². The number of benzene rings is 3. The molecule has 0 bridgehead atoms. The van der Waals surface area contributed by atoms with Crippen molar-refractivity contribution < 1.29 is 16.8 Å². The summed E-state index contributed by atoms with van der Waals surface area (Å²) in [6.45, 7) is 1.86. The van der Waals surface area contributed by atoms with Gasteiger partial charge in [-0.25, -0.2) is 16.8 Å². The number of hydrogen-bond acceptors (Lipinski definition) is 4. The van der Waals surface area contributed by atoms with Crippen molar-refractivity contribution in [1.29, 1.82) is 0 Å². The second-order valence-electron chi connectivity index (χ2n) is 6.06. The standard InChI is InChI=1S/C19H17BrN2O4S2/c1-14-5-11-18(12-6-14)27(23,24)22-17-3-2-4-19(13-17)28(25,26)21-16-9-7-15(20)8-10-16/h2-13,21-22H,1H3. The molecule has 0 radical (unpaired) electrons. The summed E-state index contributed by atoms with van der Waals surface area (Å²) < 4.78 is 56.0. The Balaban J connectivity index is 1.85. The second-order valence-corrected chi connectivity index (χ2v) is 10.3. The minimum absolute atomic E-state index is 0.0560. The number of aryl methyl sites for hydroxylation is 1. The summed E-state index contributed by atoms with van der Waals surface area (Å²) in [7, 11) is -7.70. The van der Waals surface area contributed by atoms with E-state index in [2.05, 4.69) is 25.4 Å². The molecule has 0 heterocycles. The molecule has 0 saturated carbocycles. The van der Waals surface area contributed by atoms with Crippen LogP contribution in [0.15, 0.2) is 87.1 Å². The summed E-state index contributed by atoms with van der Waals surface area (Å²) in [5.74, 6) is 0. The van der Waals surface area contributed by atoms with Crippen molar-refractivity contribution in [2.75, 3.05) is 9.44 Å². The topological polar surface area (TPSA) is 92.3 Å². The maximum Gasteiger partial charge on any atom is 0.261 e. The lowest BCUT2D eigenvalue weighted by atomic mass is 10.2. The molecule has 0 aliphatic rings. The van der Waals surface area contributed by atoms with Gasteiger partial charge in [0.15, 0.2) is 0 Å². The van der Waals surface area contributed by atoms with Crippen molar-refractivity contribution in [2.24, 2.45) is 0 Å². The fourth-order valence-electron chi connectivity index (χ4n) is 2.39. The van der Waals surface area contributed by atoms with E-state index in [1.807, 2.05) is 6.92 Å². The largest absolute Gasteiger partial charge is 0.280 e. The third kappa shape index (κ3) is 4.92. The van der Waals surface area contributed by atoms with E-state index in [0.717, 1.165) is 10.0 Å². The summed E-state index contributed by atoms with van der Waals surface area (Å²) in [6.07, 6.45) is 0. The molecule has 3 rings (SSSR count). The quantitative estimate of drug-likeness (QED) is 0.547.